The predicted molar refractivity (Wildman–Crippen MR) is 136 cm³/mol. The lowest BCUT2D eigenvalue weighted by Gasteiger charge is -2.36. The Morgan fingerprint density at radius 1 is 1.03 bits per heavy atom. The number of hydrogen-bond acceptors (Lipinski definition) is 7. The highest BCUT2D eigenvalue weighted by atomic mass is 16.5. The summed E-state index contributed by atoms with van der Waals surface area (Å²) in [5.74, 6) is 1.39. The standard InChI is InChI=1S/C27H32N4O4/c1-34-25-10-7-22(8-11-25)27(33)29-23-9-12-26(28-17-23)31-15-13-30(14-16-31)18-24(32)20-35-19-21-5-3-2-4-6-21/h2-12,17,24,32H,13-16,18-20H2,1H3,(H,29,33). The summed E-state index contributed by atoms with van der Waals surface area (Å²) in [7, 11) is 1.59. The first-order valence-corrected chi connectivity index (χ1v) is 11.8. The summed E-state index contributed by atoms with van der Waals surface area (Å²) in [6.45, 7) is 4.74. The van der Waals surface area contributed by atoms with E-state index >= 15 is 0 Å². The number of benzene rings is 2. The number of aliphatic hydroxyl groups excluding tert-OH is 1. The second-order valence-electron chi connectivity index (χ2n) is 8.53. The molecule has 2 aromatic carbocycles. The second kappa shape index (κ2) is 12.3. The second-order valence-corrected chi connectivity index (χ2v) is 8.53. The summed E-state index contributed by atoms with van der Waals surface area (Å²) in [4.78, 5) is 21.4. The number of aromatic nitrogens is 1. The van der Waals surface area contributed by atoms with E-state index in [1.165, 1.54) is 0 Å². The maximum atomic E-state index is 12.4. The van der Waals surface area contributed by atoms with Crippen LogP contribution >= 0.6 is 0 Å². The van der Waals surface area contributed by atoms with Gasteiger partial charge in [0.05, 0.1) is 38.3 Å². The Bertz CT molecular complexity index is 1050. The number of methoxy groups -OCH3 is 1. The first kappa shape index (κ1) is 24.7. The maximum Gasteiger partial charge on any atom is 0.255 e. The van der Waals surface area contributed by atoms with Gasteiger partial charge in [-0.05, 0) is 42.0 Å². The van der Waals surface area contributed by atoms with Gasteiger partial charge in [0.1, 0.15) is 11.6 Å². The van der Waals surface area contributed by atoms with Crippen LogP contribution in [0.3, 0.4) is 0 Å². The number of carbonyl (C=O) groups excluding carboxylic acids is 1. The number of nitrogens with one attached hydrogen (secondary N) is 1. The van der Waals surface area contributed by atoms with Crippen molar-refractivity contribution in [3.05, 3.63) is 84.1 Å². The predicted octanol–water partition coefficient (Wildman–Crippen LogP) is 3.04. The molecule has 1 aliphatic heterocycles. The SMILES string of the molecule is COc1ccc(C(=O)Nc2ccc(N3CCN(CC(O)COCc4ccccc4)CC3)nc2)cc1. The van der Waals surface area contributed by atoms with Gasteiger partial charge in [-0.3, -0.25) is 9.69 Å². The van der Waals surface area contributed by atoms with Crippen LogP contribution in [-0.2, 0) is 11.3 Å². The quantitative estimate of drug-likeness (QED) is 0.465. The van der Waals surface area contributed by atoms with Crippen molar-refractivity contribution in [3.8, 4) is 5.75 Å². The molecule has 8 nitrogen and oxygen atoms in total. The van der Waals surface area contributed by atoms with Crippen molar-refractivity contribution in [3.63, 3.8) is 0 Å². The minimum atomic E-state index is -0.517. The number of carbonyl (C=O) groups is 1. The Hall–Kier alpha value is -3.46. The van der Waals surface area contributed by atoms with Gasteiger partial charge in [-0.2, -0.15) is 0 Å². The van der Waals surface area contributed by atoms with Crippen molar-refractivity contribution in [1.29, 1.82) is 0 Å². The number of hydrogen-bond donors (Lipinski definition) is 2. The van der Waals surface area contributed by atoms with Gasteiger partial charge in [0.15, 0.2) is 0 Å². The highest BCUT2D eigenvalue weighted by molar-refractivity contribution is 6.04. The smallest absolute Gasteiger partial charge is 0.255 e. The molecule has 1 aromatic heterocycles. The van der Waals surface area contributed by atoms with E-state index in [9.17, 15) is 9.90 Å². The third-order valence-corrected chi connectivity index (χ3v) is 5.94. The minimum absolute atomic E-state index is 0.192. The van der Waals surface area contributed by atoms with E-state index in [1.54, 1.807) is 37.6 Å². The van der Waals surface area contributed by atoms with E-state index in [0.29, 0.717) is 36.8 Å². The van der Waals surface area contributed by atoms with Crippen LogP contribution in [0, 0.1) is 0 Å². The van der Waals surface area contributed by atoms with E-state index in [1.807, 2.05) is 42.5 Å². The third kappa shape index (κ3) is 7.26. The van der Waals surface area contributed by atoms with Gasteiger partial charge in [0.2, 0.25) is 0 Å². The molecule has 4 rings (SSSR count). The molecule has 0 aliphatic carbocycles. The lowest BCUT2D eigenvalue weighted by atomic mass is 10.2. The number of amides is 1. The van der Waals surface area contributed by atoms with Crippen LogP contribution in [0.5, 0.6) is 5.75 Å². The Kier molecular flexibility index (Phi) is 8.67. The Morgan fingerprint density at radius 2 is 1.77 bits per heavy atom. The topological polar surface area (TPSA) is 87.2 Å². The molecule has 35 heavy (non-hydrogen) atoms. The third-order valence-electron chi connectivity index (χ3n) is 5.94. The number of pyridine rings is 1. The molecule has 0 bridgehead atoms. The van der Waals surface area contributed by atoms with Crippen LogP contribution < -0.4 is 15.0 Å². The molecule has 1 aliphatic rings. The number of nitrogens with zero attached hydrogens (tertiary/aromatic N) is 3. The van der Waals surface area contributed by atoms with Gasteiger partial charge in [0, 0.05) is 38.3 Å². The molecule has 3 aromatic rings. The molecule has 1 amide bonds. The van der Waals surface area contributed by atoms with Gasteiger partial charge >= 0.3 is 0 Å². The largest absolute Gasteiger partial charge is 0.497 e. The van der Waals surface area contributed by atoms with Crippen molar-refractivity contribution >= 4 is 17.4 Å². The fourth-order valence-electron chi connectivity index (χ4n) is 3.99. The highest BCUT2D eigenvalue weighted by Crippen LogP contribution is 2.18. The monoisotopic (exact) mass is 476 g/mol. The van der Waals surface area contributed by atoms with Crippen LogP contribution in [0.15, 0.2) is 72.9 Å². The molecule has 0 saturated carbocycles. The van der Waals surface area contributed by atoms with E-state index in [4.69, 9.17) is 9.47 Å². The zero-order valence-corrected chi connectivity index (χ0v) is 20.0. The van der Waals surface area contributed by atoms with Crippen LogP contribution in [0.25, 0.3) is 0 Å². The number of piperazine rings is 1. The van der Waals surface area contributed by atoms with Crippen molar-refractivity contribution in [2.75, 3.05) is 56.7 Å². The van der Waals surface area contributed by atoms with Crippen LogP contribution in [0.2, 0.25) is 0 Å². The molecule has 0 radical (unpaired) electrons. The summed E-state index contributed by atoms with van der Waals surface area (Å²) in [5, 5.41) is 13.2. The molecule has 0 spiro atoms. The molecule has 8 heteroatoms. The molecular formula is C27H32N4O4. The molecular weight excluding hydrogens is 444 g/mol. The number of ether oxygens (including phenoxy) is 2. The summed E-state index contributed by atoms with van der Waals surface area (Å²) < 4.78 is 10.8. The average Bonchev–Trinajstić information content (AvgIpc) is 2.90. The summed E-state index contributed by atoms with van der Waals surface area (Å²) in [5.41, 5.74) is 2.30. The summed E-state index contributed by atoms with van der Waals surface area (Å²) in [6.07, 6.45) is 1.16. The van der Waals surface area contributed by atoms with E-state index in [0.717, 1.165) is 37.6 Å². The summed E-state index contributed by atoms with van der Waals surface area (Å²) in [6, 6.07) is 20.7. The lowest BCUT2D eigenvalue weighted by Crippen LogP contribution is -2.49. The average molecular weight is 477 g/mol. The van der Waals surface area contributed by atoms with Gasteiger partial charge in [-0.15, -0.1) is 0 Å². The van der Waals surface area contributed by atoms with Gasteiger partial charge < -0.3 is 24.8 Å². The lowest BCUT2D eigenvalue weighted by molar-refractivity contribution is 0.00912. The van der Waals surface area contributed by atoms with Crippen LogP contribution in [0.1, 0.15) is 15.9 Å². The fraction of sp³-hybridized carbons (Fsp3) is 0.333. The van der Waals surface area contributed by atoms with E-state index in [-0.39, 0.29) is 5.91 Å². The molecule has 2 heterocycles. The van der Waals surface area contributed by atoms with Crippen LogP contribution in [-0.4, -0.2) is 73.4 Å². The molecule has 1 saturated heterocycles. The van der Waals surface area contributed by atoms with Gasteiger partial charge in [-0.25, -0.2) is 4.98 Å². The Labute approximate surface area is 206 Å². The highest BCUT2D eigenvalue weighted by Gasteiger charge is 2.20. The number of anilines is 2. The minimum Gasteiger partial charge on any atom is -0.497 e. The van der Waals surface area contributed by atoms with Gasteiger partial charge in [0.25, 0.3) is 5.91 Å². The van der Waals surface area contributed by atoms with Crippen molar-refractivity contribution in [1.82, 2.24) is 9.88 Å². The normalized spacial score (nSPS) is 15.0. The Balaban J connectivity index is 1.18. The Morgan fingerprint density at radius 3 is 2.43 bits per heavy atom. The molecule has 1 fully saturated rings. The first-order chi connectivity index (χ1) is 17.1. The van der Waals surface area contributed by atoms with Gasteiger partial charge in [-0.1, -0.05) is 30.3 Å². The maximum absolute atomic E-state index is 12.4. The first-order valence-electron chi connectivity index (χ1n) is 11.8. The van der Waals surface area contributed by atoms with Crippen LogP contribution in [0.4, 0.5) is 11.5 Å². The number of aliphatic hydroxyl groups is 1. The fourth-order valence-corrected chi connectivity index (χ4v) is 3.99. The molecule has 1 atom stereocenters. The van der Waals surface area contributed by atoms with Crippen molar-refractivity contribution in [2.45, 2.75) is 12.7 Å². The summed E-state index contributed by atoms with van der Waals surface area (Å²) >= 11 is 0. The van der Waals surface area contributed by atoms with E-state index in [2.05, 4.69) is 20.1 Å². The van der Waals surface area contributed by atoms with Crippen molar-refractivity contribution < 1.29 is 19.4 Å². The number of β-amino-alcohol motifs (C(OH)–C–C–N with tert-alkyl or cyclic N) is 1. The molecule has 1 unspecified atom stereocenters. The molecule has 184 valence electrons. The zero-order valence-electron chi connectivity index (χ0n) is 20.0. The number of rotatable bonds is 10. The molecule has 2 N–H and O–H groups in total. The van der Waals surface area contributed by atoms with Crippen molar-refractivity contribution in [2.24, 2.45) is 0 Å². The zero-order chi connectivity index (χ0) is 24.5. The van der Waals surface area contributed by atoms with E-state index < -0.39 is 6.10 Å².